The van der Waals surface area contributed by atoms with Crippen LogP contribution in [0.4, 0.5) is 10.1 Å². The number of benzene rings is 2. The molecule has 1 aliphatic rings. The van der Waals surface area contributed by atoms with Gasteiger partial charge in [-0.15, -0.1) is 0 Å². The summed E-state index contributed by atoms with van der Waals surface area (Å²) < 4.78 is 21.4. The quantitative estimate of drug-likeness (QED) is 0.725. The number of aryl methyl sites for hydroxylation is 1. The molecule has 2 heterocycles. The summed E-state index contributed by atoms with van der Waals surface area (Å²) in [4.78, 5) is 14.0. The minimum absolute atomic E-state index is 0.0214. The van der Waals surface area contributed by atoms with Crippen molar-refractivity contribution in [2.24, 2.45) is 0 Å². The molecule has 0 aliphatic carbocycles. The number of nitrogens with zero attached hydrogens (tertiary/aromatic N) is 3. The standard InChI is InChI=1S/C20H18FN3O2/c1-13-7-8-18-15(9-13)20-14(12-26-18)10-22-24(20)11-19(25)23(2)17-6-4-3-5-16(17)21/h3-10H,11-12H2,1-2H3. The Morgan fingerprint density at radius 2 is 2.12 bits per heavy atom. The lowest BCUT2D eigenvalue weighted by molar-refractivity contribution is -0.119. The fourth-order valence-corrected chi connectivity index (χ4v) is 3.16. The van der Waals surface area contributed by atoms with Gasteiger partial charge >= 0.3 is 0 Å². The van der Waals surface area contributed by atoms with Crippen molar-refractivity contribution in [3.63, 3.8) is 0 Å². The van der Waals surface area contributed by atoms with Crippen LogP contribution < -0.4 is 9.64 Å². The molecule has 2 aromatic carbocycles. The van der Waals surface area contributed by atoms with Crippen molar-refractivity contribution in [1.29, 1.82) is 0 Å². The van der Waals surface area contributed by atoms with Crippen molar-refractivity contribution in [2.45, 2.75) is 20.1 Å². The molecule has 5 nitrogen and oxygen atoms in total. The first-order valence-electron chi connectivity index (χ1n) is 8.34. The Morgan fingerprint density at radius 3 is 2.92 bits per heavy atom. The number of hydrogen-bond donors (Lipinski definition) is 0. The number of halogens is 1. The maximum absolute atomic E-state index is 14.0. The molecule has 26 heavy (non-hydrogen) atoms. The van der Waals surface area contributed by atoms with Gasteiger partial charge in [0.05, 0.1) is 17.6 Å². The van der Waals surface area contributed by atoms with Crippen LogP contribution in [-0.4, -0.2) is 22.7 Å². The topological polar surface area (TPSA) is 47.4 Å². The molecule has 0 bridgehead atoms. The molecular formula is C20H18FN3O2. The Hall–Kier alpha value is -3.15. The largest absolute Gasteiger partial charge is 0.488 e. The Morgan fingerprint density at radius 1 is 1.31 bits per heavy atom. The lowest BCUT2D eigenvalue weighted by Gasteiger charge is -2.21. The first kappa shape index (κ1) is 16.3. The summed E-state index contributed by atoms with van der Waals surface area (Å²) in [6.45, 7) is 2.45. The van der Waals surface area contributed by atoms with Crippen molar-refractivity contribution in [2.75, 3.05) is 11.9 Å². The molecule has 4 rings (SSSR count). The first-order chi connectivity index (χ1) is 12.5. The van der Waals surface area contributed by atoms with Crippen LogP contribution in [0.25, 0.3) is 11.3 Å². The highest BCUT2D eigenvalue weighted by molar-refractivity contribution is 5.93. The van der Waals surface area contributed by atoms with Crippen molar-refractivity contribution < 1.29 is 13.9 Å². The van der Waals surface area contributed by atoms with Gasteiger partial charge in [-0.2, -0.15) is 5.10 Å². The minimum Gasteiger partial charge on any atom is -0.488 e. The molecule has 0 saturated heterocycles. The van der Waals surface area contributed by atoms with Crippen molar-refractivity contribution in [3.8, 4) is 17.0 Å². The molecule has 0 N–H and O–H groups in total. The Kier molecular flexibility index (Phi) is 3.95. The average Bonchev–Trinajstić information content (AvgIpc) is 3.04. The van der Waals surface area contributed by atoms with E-state index in [-0.39, 0.29) is 18.1 Å². The van der Waals surface area contributed by atoms with Crippen LogP contribution in [0.15, 0.2) is 48.7 Å². The monoisotopic (exact) mass is 351 g/mol. The molecule has 6 heteroatoms. The highest BCUT2D eigenvalue weighted by Gasteiger charge is 2.24. The molecule has 0 fully saturated rings. The molecule has 1 aliphatic heterocycles. The van der Waals surface area contributed by atoms with E-state index >= 15 is 0 Å². The molecule has 0 radical (unpaired) electrons. The number of ether oxygens (including phenoxy) is 1. The predicted octanol–water partition coefficient (Wildman–Crippen LogP) is 3.55. The van der Waals surface area contributed by atoms with Crippen LogP contribution >= 0.6 is 0 Å². The highest BCUT2D eigenvalue weighted by Crippen LogP contribution is 2.38. The van der Waals surface area contributed by atoms with Gasteiger partial charge in [-0.05, 0) is 31.2 Å². The van der Waals surface area contributed by atoms with Gasteiger partial charge in [-0.25, -0.2) is 4.39 Å². The van der Waals surface area contributed by atoms with Gasteiger partial charge in [-0.1, -0.05) is 23.8 Å². The molecule has 0 spiro atoms. The second-order valence-electron chi connectivity index (χ2n) is 6.37. The highest BCUT2D eigenvalue weighted by atomic mass is 19.1. The number of fused-ring (bicyclic) bond motifs is 3. The molecular weight excluding hydrogens is 333 g/mol. The molecule has 1 aromatic heterocycles. The SMILES string of the molecule is Cc1ccc2c(c1)-c1c(cnn1CC(=O)N(C)c1ccccc1F)CO2. The third-order valence-electron chi connectivity index (χ3n) is 4.56. The van der Waals surface area contributed by atoms with Gasteiger partial charge in [0.25, 0.3) is 0 Å². The van der Waals surface area contributed by atoms with Gasteiger partial charge in [0, 0.05) is 18.2 Å². The normalized spacial score (nSPS) is 12.1. The van der Waals surface area contributed by atoms with E-state index in [1.54, 1.807) is 36.1 Å². The van der Waals surface area contributed by atoms with Gasteiger partial charge in [-0.3, -0.25) is 9.48 Å². The van der Waals surface area contributed by atoms with Crippen molar-refractivity contribution in [1.82, 2.24) is 9.78 Å². The zero-order valence-corrected chi connectivity index (χ0v) is 14.6. The number of carbonyl (C=O) groups excluding carboxylic acids is 1. The van der Waals surface area contributed by atoms with Gasteiger partial charge in [0.15, 0.2) is 0 Å². The summed E-state index contributed by atoms with van der Waals surface area (Å²) in [5, 5.41) is 4.36. The zero-order chi connectivity index (χ0) is 18.3. The second kappa shape index (κ2) is 6.29. The minimum atomic E-state index is -0.430. The number of carbonyl (C=O) groups is 1. The number of hydrogen-bond acceptors (Lipinski definition) is 3. The molecule has 0 atom stereocenters. The predicted molar refractivity (Wildman–Crippen MR) is 96.5 cm³/mol. The third-order valence-corrected chi connectivity index (χ3v) is 4.56. The summed E-state index contributed by atoms with van der Waals surface area (Å²) in [5.74, 6) is 0.0988. The molecule has 0 unspecified atom stereocenters. The van der Waals surface area contributed by atoms with Crippen LogP contribution in [0.5, 0.6) is 5.75 Å². The summed E-state index contributed by atoms with van der Waals surface area (Å²) in [6.07, 6.45) is 1.72. The number of amides is 1. The smallest absolute Gasteiger partial charge is 0.248 e. The number of para-hydroxylation sites is 1. The number of rotatable bonds is 3. The summed E-state index contributed by atoms with van der Waals surface area (Å²) in [5.41, 5.74) is 4.08. The molecule has 0 saturated carbocycles. The zero-order valence-electron chi connectivity index (χ0n) is 14.6. The van der Waals surface area contributed by atoms with Gasteiger partial charge in [0.1, 0.15) is 24.7 Å². The van der Waals surface area contributed by atoms with E-state index in [9.17, 15) is 9.18 Å². The first-order valence-corrected chi connectivity index (χ1v) is 8.34. The molecule has 3 aromatic rings. The maximum Gasteiger partial charge on any atom is 0.248 e. The Balaban J connectivity index is 1.66. The molecule has 1 amide bonds. The van der Waals surface area contributed by atoms with E-state index in [4.69, 9.17) is 4.74 Å². The average molecular weight is 351 g/mol. The summed E-state index contributed by atoms with van der Waals surface area (Å²) in [6, 6.07) is 12.2. The lowest BCUT2D eigenvalue weighted by Crippen LogP contribution is -2.31. The van der Waals surface area contributed by atoms with Crippen LogP contribution in [0.2, 0.25) is 0 Å². The number of likely N-dealkylation sites (N-methyl/N-ethyl adjacent to an activating group) is 1. The third kappa shape index (κ3) is 2.73. The van der Waals surface area contributed by atoms with Crippen molar-refractivity contribution in [3.05, 3.63) is 65.6 Å². The van der Waals surface area contributed by atoms with Crippen LogP contribution in [0.1, 0.15) is 11.1 Å². The summed E-state index contributed by atoms with van der Waals surface area (Å²) >= 11 is 0. The fraction of sp³-hybridized carbons (Fsp3) is 0.200. The number of anilines is 1. The number of aromatic nitrogens is 2. The van der Waals surface area contributed by atoms with Gasteiger partial charge < -0.3 is 9.64 Å². The van der Waals surface area contributed by atoms with E-state index in [0.29, 0.717) is 6.61 Å². The second-order valence-corrected chi connectivity index (χ2v) is 6.37. The van der Waals surface area contributed by atoms with E-state index < -0.39 is 5.82 Å². The van der Waals surface area contributed by atoms with Crippen LogP contribution in [0.3, 0.4) is 0 Å². The van der Waals surface area contributed by atoms with E-state index in [0.717, 1.165) is 28.1 Å². The van der Waals surface area contributed by atoms with Crippen molar-refractivity contribution >= 4 is 11.6 Å². The summed E-state index contributed by atoms with van der Waals surface area (Å²) in [7, 11) is 1.57. The maximum atomic E-state index is 14.0. The van der Waals surface area contributed by atoms with Gasteiger partial charge in [0.2, 0.25) is 5.91 Å². The Bertz CT molecular complexity index is 996. The Labute approximate surface area is 150 Å². The van der Waals surface area contributed by atoms with E-state index in [1.807, 2.05) is 25.1 Å². The van der Waals surface area contributed by atoms with E-state index in [1.165, 1.54) is 11.0 Å². The lowest BCUT2D eigenvalue weighted by atomic mass is 10.0. The van der Waals surface area contributed by atoms with Crippen LogP contribution in [-0.2, 0) is 17.9 Å². The van der Waals surface area contributed by atoms with E-state index in [2.05, 4.69) is 5.10 Å². The fourth-order valence-electron chi connectivity index (χ4n) is 3.16. The molecule has 132 valence electrons. The van der Waals surface area contributed by atoms with Crippen LogP contribution in [0, 0.1) is 12.7 Å².